The van der Waals surface area contributed by atoms with E-state index >= 15 is 0 Å². The van der Waals surface area contributed by atoms with Crippen molar-refractivity contribution in [1.82, 2.24) is 0 Å². The topological polar surface area (TPSA) is 47.6 Å². The zero-order valence-corrected chi connectivity index (χ0v) is 10.4. The van der Waals surface area contributed by atoms with E-state index in [9.17, 15) is 4.79 Å². The van der Waals surface area contributed by atoms with E-state index in [1.165, 1.54) is 0 Å². The van der Waals surface area contributed by atoms with Crippen LogP contribution in [0.4, 0.5) is 5.69 Å². The molecule has 0 spiro atoms. The standard InChI is InChI=1S/C13H17NO3/c1-4-13(5-2)12(15)14-10-7-6-9(16-3)8-11(10)17-13/h6-8H,4-5H2,1-3H3,(H,14,15). The van der Waals surface area contributed by atoms with Crippen LogP contribution in [0.5, 0.6) is 11.5 Å². The van der Waals surface area contributed by atoms with Crippen molar-refractivity contribution in [2.75, 3.05) is 12.4 Å². The largest absolute Gasteiger partial charge is 0.497 e. The third kappa shape index (κ3) is 1.84. The maximum atomic E-state index is 12.0. The van der Waals surface area contributed by atoms with Crippen molar-refractivity contribution >= 4 is 11.6 Å². The van der Waals surface area contributed by atoms with Crippen LogP contribution in [0, 0.1) is 0 Å². The number of anilines is 1. The predicted octanol–water partition coefficient (Wildman–Crippen LogP) is 2.58. The molecule has 92 valence electrons. The second-order valence-corrected chi connectivity index (χ2v) is 4.12. The summed E-state index contributed by atoms with van der Waals surface area (Å²) in [6.07, 6.45) is 1.29. The van der Waals surface area contributed by atoms with Crippen molar-refractivity contribution in [2.24, 2.45) is 0 Å². The summed E-state index contributed by atoms with van der Waals surface area (Å²) in [4.78, 5) is 12.0. The van der Waals surface area contributed by atoms with Gasteiger partial charge >= 0.3 is 0 Å². The summed E-state index contributed by atoms with van der Waals surface area (Å²) in [6, 6.07) is 5.39. The summed E-state index contributed by atoms with van der Waals surface area (Å²) in [5, 5.41) is 2.88. The quantitative estimate of drug-likeness (QED) is 0.876. The third-order valence-corrected chi connectivity index (χ3v) is 3.30. The van der Waals surface area contributed by atoms with E-state index in [4.69, 9.17) is 9.47 Å². The van der Waals surface area contributed by atoms with Crippen LogP contribution in [0.2, 0.25) is 0 Å². The first-order valence-electron chi connectivity index (χ1n) is 5.83. The van der Waals surface area contributed by atoms with E-state index in [1.807, 2.05) is 13.8 Å². The number of hydrogen-bond donors (Lipinski definition) is 1. The Hall–Kier alpha value is -1.71. The molecule has 0 aliphatic carbocycles. The van der Waals surface area contributed by atoms with Crippen LogP contribution in [0.1, 0.15) is 26.7 Å². The van der Waals surface area contributed by atoms with Crippen molar-refractivity contribution in [3.8, 4) is 11.5 Å². The van der Waals surface area contributed by atoms with Crippen LogP contribution in [-0.4, -0.2) is 18.6 Å². The van der Waals surface area contributed by atoms with Gasteiger partial charge in [0.15, 0.2) is 5.60 Å². The number of carbonyl (C=O) groups is 1. The lowest BCUT2D eigenvalue weighted by atomic mass is 9.94. The Morgan fingerprint density at radius 1 is 1.35 bits per heavy atom. The van der Waals surface area contributed by atoms with Crippen molar-refractivity contribution in [3.05, 3.63) is 18.2 Å². The molecule has 0 unspecified atom stereocenters. The second-order valence-electron chi connectivity index (χ2n) is 4.12. The first-order chi connectivity index (χ1) is 8.15. The van der Waals surface area contributed by atoms with Gasteiger partial charge in [0.2, 0.25) is 0 Å². The molecule has 1 N–H and O–H groups in total. The molecular weight excluding hydrogens is 218 g/mol. The Morgan fingerprint density at radius 2 is 2.06 bits per heavy atom. The first-order valence-corrected chi connectivity index (χ1v) is 5.83. The van der Waals surface area contributed by atoms with E-state index in [0.29, 0.717) is 24.3 Å². The van der Waals surface area contributed by atoms with Crippen LogP contribution >= 0.6 is 0 Å². The number of amides is 1. The monoisotopic (exact) mass is 235 g/mol. The Kier molecular flexibility index (Phi) is 2.96. The maximum Gasteiger partial charge on any atom is 0.268 e. The number of methoxy groups -OCH3 is 1. The highest BCUT2D eigenvalue weighted by Gasteiger charge is 2.41. The molecule has 2 rings (SSSR count). The molecule has 0 atom stereocenters. The van der Waals surface area contributed by atoms with Crippen molar-refractivity contribution < 1.29 is 14.3 Å². The van der Waals surface area contributed by atoms with Crippen molar-refractivity contribution in [1.29, 1.82) is 0 Å². The summed E-state index contributed by atoms with van der Waals surface area (Å²) >= 11 is 0. The van der Waals surface area contributed by atoms with Crippen LogP contribution in [-0.2, 0) is 4.79 Å². The zero-order chi connectivity index (χ0) is 12.5. The fourth-order valence-electron chi connectivity index (χ4n) is 2.03. The highest BCUT2D eigenvalue weighted by atomic mass is 16.5. The van der Waals surface area contributed by atoms with Gasteiger partial charge < -0.3 is 14.8 Å². The molecule has 4 nitrogen and oxygen atoms in total. The average Bonchev–Trinajstić information content (AvgIpc) is 2.37. The molecule has 1 aromatic rings. The van der Waals surface area contributed by atoms with E-state index in [0.717, 1.165) is 5.75 Å². The molecule has 4 heteroatoms. The minimum absolute atomic E-state index is 0.0693. The number of rotatable bonds is 3. The number of carbonyl (C=O) groups excluding carboxylic acids is 1. The Balaban J connectivity index is 2.41. The number of fused-ring (bicyclic) bond motifs is 1. The second kappa shape index (κ2) is 4.28. The molecule has 17 heavy (non-hydrogen) atoms. The summed E-state index contributed by atoms with van der Waals surface area (Å²) in [5.74, 6) is 1.33. The van der Waals surface area contributed by atoms with Gasteiger partial charge in [-0.2, -0.15) is 0 Å². The van der Waals surface area contributed by atoms with Crippen LogP contribution < -0.4 is 14.8 Å². The van der Waals surface area contributed by atoms with E-state index in [2.05, 4.69) is 5.32 Å². The van der Waals surface area contributed by atoms with E-state index in [1.54, 1.807) is 25.3 Å². The molecule has 0 saturated heterocycles. The lowest BCUT2D eigenvalue weighted by Gasteiger charge is -2.36. The maximum absolute atomic E-state index is 12.0. The molecule has 1 amide bonds. The number of hydrogen-bond acceptors (Lipinski definition) is 3. The third-order valence-electron chi connectivity index (χ3n) is 3.30. The molecule has 1 aliphatic rings. The number of ether oxygens (including phenoxy) is 2. The van der Waals surface area contributed by atoms with Gasteiger partial charge in [-0.25, -0.2) is 0 Å². The fourth-order valence-corrected chi connectivity index (χ4v) is 2.03. The molecule has 1 aromatic carbocycles. The van der Waals surface area contributed by atoms with Gasteiger partial charge in [0.25, 0.3) is 5.91 Å². The van der Waals surface area contributed by atoms with Gasteiger partial charge in [0, 0.05) is 6.07 Å². The summed E-state index contributed by atoms with van der Waals surface area (Å²) < 4.78 is 11.0. The molecular formula is C13H17NO3. The molecule has 0 fully saturated rings. The summed E-state index contributed by atoms with van der Waals surface area (Å²) in [6.45, 7) is 3.91. The van der Waals surface area contributed by atoms with Crippen LogP contribution in [0.25, 0.3) is 0 Å². The lowest BCUT2D eigenvalue weighted by molar-refractivity contribution is -0.133. The number of nitrogens with one attached hydrogen (secondary N) is 1. The average molecular weight is 235 g/mol. The van der Waals surface area contributed by atoms with Gasteiger partial charge in [-0.15, -0.1) is 0 Å². The minimum atomic E-state index is -0.751. The SMILES string of the molecule is CCC1(CC)Oc2cc(OC)ccc2NC1=O. The molecule has 0 aromatic heterocycles. The van der Waals surface area contributed by atoms with Gasteiger partial charge in [0.05, 0.1) is 12.8 Å². The van der Waals surface area contributed by atoms with Crippen molar-refractivity contribution in [3.63, 3.8) is 0 Å². The van der Waals surface area contributed by atoms with Gasteiger partial charge in [0.1, 0.15) is 11.5 Å². The highest BCUT2D eigenvalue weighted by Crippen LogP contribution is 2.38. The molecule has 0 saturated carbocycles. The van der Waals surface area contributed by atoms with Gasteiger partial charge in [-0.05, 0) is 25.0 Å². The molecule has 0 radical (unpaired) electrons. The summed E-state index contributed by atoms with van der Waals surface area (Å²) in [7, 11) is 1.61. The van der Waals surface area contributed by atoms with Gasteiger partial charge in [-0.1, -0.05) is 13.8 Å². The smallest absolute Gasteiger partial charge is 0.268 e. The minimum Gasteiger partial charge on any atom is -0.497 e. The normalized spacial score (nSPS) is 16.8. The summed E-state index contributed by atoms with van der Waals surface area (Å²) in [5.41, 5.74) is -0.0485. The van der Waals surface area contributed by atoms with Crippen LogP contribution in [0.3, 0.4) is 0 Å². The Labute approximate surface area is 101 Å². The molecule has 0 bridgehead atoms. The Bertz CT molecular complexity index is 438. The van der Waals surface area contributed by atoms with E-state index in [-0.39, 0.29) is 5.91 Å². The number of benzene rings is 1. The fraction of sp³-hybridized carbons (Fsp3) is 0.462. The first kappa shape index (κ1) is 11.8. The van der Waals surface area contributed by atoms with Gasteiger partial charge in [-0.3, -0.25) is 4.79 Å². The Morgan fingerprint density at radius 3 is 2.65 bits per heavy atom. The lowest BCUT2D eigenvalue weighted by Crippen LogP contribution is -2.49. The van der Waals surface area contributed by atoms with Crippen LogP contribution in [0.15, 0.2) is 18.2 Å². The van der Waals surface area contributed by atoms with Crippen molar-refractivity contribution in [2.45, 2.75) is 32.3 Å². The molecule has 1 heterocycles. The zero-order valence-electron chi connectivity index (χ0n) is 10.4. The van der Waals surface area contributed by atoms with E-state index < -0.39 is 5.60 Å². The predicted molar refractivity (Wildman–Crippen MR) is 65.6 cm³/mol. The molecule has 1 aliphatic heterocycles. The highest BCUT2D eigenvalue weighted by molar-refractivity contribution is 6.00.